The third kappa shape index (κ3) is 4.03. The van der Waals surface area contributed by atoms with E-state index in [0.717, 1.165) is 6.42 Å². The molecule has 8 heteroatoms. The average Bonchev–Trinajstić information content (AvgIpc) is 2.91. The Morgan fingerprint density at radius 2 is 1.77 bits per heavy atom. The summed E-state index contributed by atoms with van der Waals surface area (Å²) < 4.78 is 49.4. The van der Waals surface area contributed by atoms with Crippen LogP contribution >= 0.6 is 0 Å². The quantitative estimate of drug-likeness (QED) is 0.830. The van der Waals surface area contributed by atoms with Gasteiger partial charge in [-0.3, -0.25) is 0 Å². The molecule has 1 heterocycles. The molecule has 26 heavy (non-hydrogen) atoms. The van der Waals surface area contributed by atoms with Gasteiger partial charge in [0.05, 0.1) is 32.3 Å². The van der Waals surface area contributed by atoms with E-state index in [0.29, 0.717) is 41.8 Å². The first kappa shape index (κ1) is 18.3. The molecule has 3 rings (SSSR count). The van der Waals surface area contributed by atoms with Crippen LogP contribution in [0.2, 0.25) is 0 Å². The summed E-state index contributed by atoms with van der Waals surface area (Å²) in [5, 5.41) is 0. The third-order valence-electron chi connectivity index (χ3n) is 3.97. The molecule has 1 aliphatic rings. The fraction of sp³-hybridized carbons (Fsp3) is 0.333. The number of fused-ring (bicyclic) bond motifs is 1. The van der Waals surface area contributed by atoms with E-state index >= 15 is 0 Å². The van der Waals surface area contributed by atoms with E-state index < -0.39 is 10.0 Å². The van der Waals surface area contributed by atoms with E-state index in [9.17, 15) is 8.42 Å². The molecule has 0 unspecified atom stereocenters. The second-order valence-corrected chi connectivity index (χ2v) is 7.43. The molecule has 0 aromatic heterocycles. The summed E-state index contributed by atoms with van der Waals surface area (Å²) in [5.41, 5.74) is 0.671. The highest BCUT2D eigenvalue weighted by Crippen LogP contribution is 2.32. The normalized spacial score (nSPS) is 13.8. The van der Waals surface area contributed by atoms with Gasteiger partial charge in [-0.1, -0.05) is 0 Å². The van der Waals surface area contributed by atoms with Crippen LogP contribution in [0, 0.1) is 0 Å². The second kappa shape index (κ2) is 7.84. The molecule has 0 fully saturated rings. The van der Waals surface area contributed by atoms with Crippen LogP contribution in [-0.2, 0) is 16.6 Å². The van der Waals surface area contributed by atoms with Crippen LogP contribution in [0.5, 0.6) is 23.0 Å². The molecule has 2 aromatic carbocycles. The fourth-order valence-electron chi connectivity index (χ4n) is 2.59. The van der Waals surface area contributed by atoms with Crippen molar-refractivity contribution in [2.45, 2.75) is 17.9 Å². The van der Waals surface area contributed by atoms with Gasteiger partial charge in [-0.15, -0.1) is 0 Å². The van der Waals surface area contributed by atoms with Gasteiger partial charge in [0.25, 0.3) is 0 Å². The Labute approximate surface area is 152 Å². The minimum absolute atomic E-state index is 0.0666. The highest BCUT2D eigenvalue weighted by molar-refractivity contribution is 7.89. The first-order chi connectivity index (χ1) is 12.5. The van der Waals surface area contributed by atoms with Crippen molar-refractivity contribution in [3.8, 4) is 23.0 Å². The number of sulfonamides is 1. The van der Waals surface area contributed by atoms with E-state index in [1.54, 1.807) is 31.4 Å². The summed E-state index contributed by atoms with van der Waals surface area (Å²) in [6.45, 7) is 1.11. The lowest BCUT2D eigenvalue weighted by Gasteiger charge is -2.13. The molecule has 0 spiro atoms. The van der Waals surface area contributed by atoms with Gasteiger partial charge in [0.15, 0.2) is 11.5 Å². The van der Waals surface area contributed by atoms with Crippen molar-refractivity contribution in [1.29, 1.82) is 0 Å². The summed E-state index contributed by atoms with van der Waals surface area (Å²) >= 11 is 0. The summed E-state index contributed by atoms with van der Waals surface area (Å²) in [7, 11) is -0.650. The predicted molar refractivity (Wildman–Crippen MR) is 95.6 cm³/mol. The summed E-state index contributed by atoms with van der Waals surface area (Å²) in [6, 6.07) is 9.80. The van der Waals surface area contributed by atoms with E-state index in [2.05, 4.69) is 4.72 Å². The van der Waals surface area contributed by atoms with E-state index in [-0.39, 0.29) is 11.4 Å². The Hall–Kier alpha value is -2.45. The summed E-state index contributed by atoms with van der Waals surface area (Å²) in [4.78, 5) is 0.114. The Kier molecular flexibility index (Phi) is 5.53. The van der Waals surface area contributed by atoms with Gasteiger partial charge in [0, 0.05) is 24.6 Å². The highest BCUT2D eigenvalue weighted by Gasteiger charge is 2.19. The second-order valence-electron chi connectivity index (χ2n) is 5.66. The Morgan fingerprint density at radius 1 is 1.00 bits per heavy atom. The van der Waals surface area contributed by atoms with E-state index in [1.807, 2.05) is 0 Å². The molecule has 0 atom stereocenters. The van der Waals surface area contributed by atoms with Gasteiger partial charge < -0.3 is 18.9 Å². The van der Waals surface area contributed by atoms with E-state index in [4.69, 9.17) is 18.9 Å². The maximum atomic E-state index is 12.7. The lowest BCUT2D eigenvalue weighted by atomic mass is 10.2. The van der Waals surface area contributed by atoms with Crippen molar-refractivity contribution >= 4 is 10.0 Å². The van der Waals surface area contributed by atoms with Gasteiger partial charge in [-0.05, 0) is 30.3 Å². The maximum absolute atomic E-state index is 12.7. The molecule has 140 valence electrons. The zero-order valence-electron chi connectivity index (χ0n) is 14.7. The van der Waals surface area contributed by atoms with Gasteiger partial charge in [0.1, 0.15) is 11.5 Å². The Morgan fingerprint density at radius 3 is 2.50 bits per heavy atom. The molecular weight excluding hydrogens is 358 g/mol. The van der Waals surface area contributed by atoms with Crippen molar-refractivity contribution in [3.63, 3.8) is 0 Å². The van der Waals surface area contributed by atoms with Crippen molar-refractivity contribution in [1.82, 2.24) is 4.72 Å². The smallest absolute Gasteiger partial charge is 0.241 e. The van der Waals surface area contributed by atoms with Gasteiger partial charge in [-0.2, -0.15) is 0 Å². The van der Waals surface area contributed by atoms with Crippen LogP contribution in [-0.4, -0.2) is 35.9 Å². The molecule has 0 radical (unpaired) electrons. The average molecular weight is 379 g/mol. The summed E-state index contributed by atoms with van der Waals surface area (Å²) in [6.07, 6.45) is 0.755. The van der Waals surface area contributed by atoms with Crippen LogP contribution in [0.1, 0.15) is 12.0 Å². The minimum atomic E-state index is -3.73. The van der Waals surface area contributed by atoms with E-state index in [1.165, 1.54) is 19.2 Å². The topological polar surface area (TPSA) is 83.1 Å². The number of methoxy groups -OCH3 is 2. The predicted octanol–water partition coefficient (Wildman–Crippen LogP) is 2.34. The monoisotopic (exact) mass is 379 g/mol. The van der Waals surface area contributed by atoms with Gasteiger partial charge in [-0.25, -0.2) is 13.1 Å². The number of hydrogen-bond acceptors (Lipinski definition) is 6. The number of rotatable bonds is 6. The standard InChI is InChI=1S/C18H21NO6S/c1-22-14-4-6-16(23-2)13(10-14)12-19-26(20,21)15-5-7-17-18(11-15)25-9-3-8-24-17/h4-7,10-11,19H,3,8-9,12H2,1-2H3. The zero-order chi connectivity index (χ0) is 18.6. The van der Waals surface area contributed by atoms with Crippen molar-refractivity contribution < 1.29 is 27.4 Å². The van der Waals surface area contributed by atoms with Crippen LogP contribution in [0.15, 0.2) is 41.3 Å². The molecule has 2 aromatic rings. The fourth-order valence-corrected chi connectivity index (χ4v) is 3.61. The van der Waals surface area contributed by atoms with Crippen molar-refractivity contribution in [2.75, 3.05) is 27.4 Å². The van der Waals surface area contributed by atoms with Crippen LogP contribution < -0.4 is 23.7 Å². The third-order valence-corrected chi connectivity index (χ3v) is 5.37. The number of ether oxygens (including phenoxy) is 4. The molecule has 0 saturated heterocycles. The molecule has 1 aliphatic heterocycles. The van der Waals surface area contributed by atoms with Crippen LogP contribution in [0.25, 0.3) is 0 Å². The molecule has 0 aliphatic carbocycles. The van der Waals surface area contributed by atoms with Crippen LogP contribution in [0.4, 0.5) is 0 Å². The lowest BCUT2D eigenvalue weighted by Crippen LogP contribution is -2.23. The number of benzene rings is 2. The molecule has 7 nitrogen and oxygen atoms in total. The SMILES string of the molecule is COc1ccc(OC)c(CNS(=O)(=O)c2ccc3c(c2)OCCCO3)c1. The zero-order valence-corrected chi connectivity index (χ0v) is 15.5. The minimum Gasteiger partial charge on any atom is -0.497 e. The number of hydrogen-bond donors (Lipinski definition) is 1. The molecule has 0 amide bonds. The Bertz CT molecular complexity index is 881. The van der Waals surface area contributed by atoms with Gasteiger partial charge >= 0.3 is 0 Å². The van der Waals surface area contributed by atoms with Gasteiger partial charge in [0.2, 0.25) is 10.0 Å². The highest BCUT2D eigenvalue weighted by atomic mass is 32.2. The molecule has 1 N–H and O–H groups in total. The lowest BCUT2D eigenvalue weighted by molar-refractivity contribution is 0.297. The number of nitrogens with one attached hydrogen (secondary N) is 1. The molecule has 0 bridgehead atoms. The maximum Gasteiger partial charge on any atom is 0.241 e. The Balaban J connectivity index is 1.80. The summed E-state index contributed by atoms with van der Waals surface area (Å²) in [5.74, 6) is 2.18. The first-order valence-electron chi connectivity index (χ1n) is 8.14. The van der Waals surface area contributed by atoms with Crippen molar-refractivity contribution in [3.05, 3.63) is 42.0 Å². The van der Waals surface area contributed by atoms with Crippen LogP contribution in [0.3, 0.4) is 0 Å². The largest absolute Gasteiger partial charge is 0.497 e. The van der Waals surface area contributed by atoms with Crippen molar-refractivity contribution in [2.24, 2.45) is 0 Å². The molecular formula is C18H21NO6S. The first-order valence-corrected chi connectivity index (χ1v) is 9.62. The molecule has 0 saturated carbocycles.